The second-order valence-electron chi connectivity index (χ2n) is 6.02. The Balaban J connectivity index is 1.71. The fraction of sp³-hybridized carbons (Fsp3) is 0.294. The number of ether oxygens (including phenoxy) is 1. The van der Waals surface area contributed by atoms with Crippen LogP contribution in [0.2, 0.25) is 0 Å². The Kier molecular flexibility index (Phi) is 6.24. The third kappa shape index (κ3) is 4.43. The average molecular weight is 441 g/mol. The molecule has 1 saturated heterocycles. The predicted molar refractivity (Wildman–Crippen MR) is 102 cm³/mol. The summed E-state index contributed by atoms with van der Waals surface area (Å²) in [7, 11) is -1.90. The largest absolute Gasteiger partial charge is 0.573 e. The summed E-state index contributed by atoms with van der Waals surface area (Å²) < 4.78 is 30.0. The fourth-order valence-electron chi connectivity index (χ4n) is 2.69. The van der Waals surface area contributed by atoms with Gasteiger partial charge in [0.2, 0.25) is 11.8 Å². The average Bonchev–Trinajstić information content (AvgIpc) is 2.93. The topological polar surface area (TPSA) is 123 Å². The van der Waals surface area contributed by atoms with E-state index in [-0.39, 0.29) is 12.4 Å². The first-order valence-corrected chi connectivity index (χ1v) is 10.3. The van der Waals surface area contributed by atoms with E-state index in [1.807, 2.05) is 10.9 Å². The van der Waals surface area contributed by atoms with Crippen LogP contribution in [0.15, 0.2) is 46.1 Å². The van der Waals surface area contributed by atoms with Crippen molar-refractivity contribution in [2.45, 2.75) is 24.0 Å². The van der Waals surface area contributed by atoms with Gasteiger partial charge in [-0.25, -0.2) is 9.18 Å². The highest BCUT2D eigenvalue weighted by molar-refractivity contribution is 8.00. The number of halogens is 1. The maximum atomic E-state index is 12.9. The van der Waals surface area contributed by atoms with Gasteiger partial charge in [0.15, 0.2) is 17.6 Å². The van der Waals surface area contributed by atoms with E-state index in [2.05, 4.69) is 0 Å². The standard InChI is InChI=1S/C17H14FN2O7PS/c1-2-17(24)14(22)12(26-15(17)20-8-7-13(21)19-16(20)23)9-25-28(29)27-11-5-3-10(18)4-6-11/h1,3-8,12,14-15,22,24H,9H2/p+1/t12-,14-,15-,17-/m1/s1. The predicted octanol–water partition coefficient (Wildman–Crippen LogP) is 0.168. The van der Waals surface area contributed by atoms with Crippen molar-refractivity contribution < 1.29 is 28.4 Å². The molecular formula is C17H15FN2O7PS+. The number of hydrogen-bond acceptors (Lipinski definition) is 8. The summed E-state index contributed by atoms with van der Waals surface area (Å²) in [4.78, 5) is 25.3. The highest BCUT2D eigenvalue weighted by Gasteiger charge is 2.56. The maximum Gasteiger partial charge on any atom is 0.573 e. The number of nitrogens with one attached hydrogen (secondary N) is 1. The summed E-state index contributed by atoms with van der Waals surface area (Å²) in [6.45, 7) is -0.309. The van der Waals surface area contributed by atoms with Crippen molar-refractivity contribution in [2.75, 3.05) is 6.61 Å². The van der Waals surface area contributed by atoms with E-state index < -0.39 is 48.3 Å². The van der Waals surface area contributed by atoms with Crippen LogP contribution in [0, 0.1) is 18.2 Å². The molecule has 1 aromatic carbocycles. The highest BCUT2D eigenvalue weighted by atomic mass is 32.4. The minimum Gasteiger partial charge on any atom is -0.386 e. The molecule has 0 bridgehead atoms. The molecule has 152 valence electrons. The number of benzene rings is 1. The van der Waals surface area contributed by atoms with Crippen LogP contribution in [0.25, 0.3) is 0 Å². The van der Waals surface area contributed by atoms with Gasteiger partial charge in [0.1, 0.15) is 24.6 Å². The van der Waals surface area contributed by atoms with Crippen molar-refractivity contribution in [1.82, 2.24) is 9.55 Å². The molecule has 1 fully saturated rings. The molecule has 0 radical (unpaired) electrons. The lowest BCUT2D eigenvalue weighted by molar-refractivity contribution is -0.0752. The van der Waals surface area contributed by atoms with Crippen LogP contribution in [-0.4, -0.2) is 44.2 Å². The number of H-pyrrole nitrogens is 1. The van der Waals surface area contributed by atoms with Gasteiger partial charge in [-0.2, -0.15) is 0 Å². The SMILES string of the molecule is C#C[C@@]1(O)[C@H](O)[C@@H](CO[P+](=S)Oc2ccc(F)cc2)O[C@H]1n1ccc(=O)[nH]c1=O. The number of hydrogen-bond donors (Lipinski definition) is 3. The van der Waals surface area contributed by atoms with Crippen LogP contribution in [0.4, 0.5) is 4.39 Å². The molecule has 12 heteroatoms. The van der Waals surface area contributed by atoms with Crippen LogP contribution >= 0.6 is 7.15 Å². The van der Waals surface area contributed by atoms with Crippen LogP contribution in [-0.2, 0) is 21.1 Å². The molecule has 0 saturated carbocycles. The van der Waals surface area contributed by atoms with Gasteiger partial charge < -0.3 is 14.9 Å². The number of aliphatic hydroxyl groups is 2. The molecule has 2 heterocycles. The van der Waals surface area contributed by atoms with Gasteiger partial charge in [0.05, 0.1) is 0 Å². The first kappa shape index (κ1) is 21.3. The van der Waals surface area contributed by atoms with E-state index in [9.17, 15) is 24.2 Å². The summed E-state index contributed by atoms with van der Waals surface area (Å²) in [5.74, 6) is 1.88. The van der Waals surface area contributed by atoms with Crippen molar-refractivity contribution >= 4 is 19.0 Å². The molecule has 3 rings (SSSR count). The first-order chi connectivity index (χ1) is 13.7. The smallest absolute Gasteiger partial charge is 0.386 e. The van der Waals surface area contributed by atoms with E-state index in [0.29, 0.717) is 0 Å². The maximum absolute atomic E-state index is 12.9. The van der Waals surface area contributed by atoms with Crippen LogP contribution in [0.1, 0.15) is 6.23 Å². The molecule has 0 spiro atoms. The second-order valence-corrected chi connectivity index (χ2v) is 7.81. The van der Waals surface area contributed by atoms with E-state index >= 15 is 0 Å². The quantitative estimate of drug-likeness (QED) is 0.428. The fourth-order valence-corrected chi connectivity index (χ4v) is 3.75. The summed E-state index contributed by atoms with van der Waals surface area (Å²) in [6.07, 6.45) is 2.19. The van der Waals surface area contributed by atoms with Crippen LogP contribution in [0.3, 0.4) is 0 Å². The first-order valence-electron chi connectivity index (χ1n) is 8.13. The number of aromatic amines is 1. The molecule has 0 amide bonds. The zero-order valence-corrected chi connectivity index (χ0v) is 16.3. The normalized spacial score (nSPS) is 26.7. The lowest BCUT2D eigenvalue weighted by Crippen LogP contribution is -2.48. The monoisotopic (exact) mass is 441 g/mol. The van der Waals surface area contributed by atoms with Crippen LogP contribution in [0.5, 0.6) is 5.75 Å². The van der Waals surface area contributed by atoms with Gasteiger partial charge >= 0.3 is 12.8 Å². The van der Waals surface area contributed by atoms with Crippen molar-refractivity contribution in [1.29, 1.82) is 0 Å². The minimum absolute atomic E-state index is 0.290. The van der Waals surface area contributed by atoms with Gasteiger partial charge in [0, 0.05) is 12.3 Å². The Bertz CT molecular complexity index is 1070. The molecule has 9 nitrogen and oxygen atoms in total. The Labute approximate surface area is 169 Å². The van der Waals surface area contributed by atoms with Crippen LogP contribution < -0.4 is 15.8 Å². The summed E-state index contributed by atoms with van der Waals surface area (Å²) >= 11 is 5.06. The van der Waals surface area contributed by atoms with Gasteiger partial charge in [-0.15, -0.1) is 10.9 Å². The van der Waals surface area contributed by atoms with Gasteiger partial charge in [0.25, 0.3) is 5.56 Å². The Morgan fingerprint density at radius 1 is 1.38 bits per heavy atom. The number of nitrogens with zero attached hydrogens (tertiary/aromatic N) is 1. The Morgan fingerprint density at radius 2 is 2.07 bits per heavy atom. The number of rotatable bonds is 6. The molecule has 2 aromatic rings. The third-order valence-electron chi connectivity index (χ3n) is 4.16. The van der Waals surface area contributed by atoms with Gasteiger partial charge in [-0.05, 0) is 24.3 Å². The molecule has 3 N–H and O–H groups in total. The lowest BCUT2D eigenvalue weighted by Gasteiger charge is -2.26. The van der Waals surface area contributed by atoms with Crippen molar-refractivity contribution in [3.05, 3.63) is 63.2 Å². The van der Waals surface area contributed by atoms with E-state index in [1.165, 1.54) is 24.3 Å². The zero-order chi connectivity index (χ0) is 21.2. The van der Waals surface area contributed by atoms with Gasteiger partial charge in [-0.1, -0.05) is 5.92 Å². The third-order valence-corrected chi connectivity index (χ3v) is 5.42. The second kappa shape index (κ2) is 8.51. The van der Waals surface area contributed by atoms with Crippen molar-refractivity contribution in [2.24, 2.45) is 0 Å². The van der Waals surface area contributed by atoms with Gasteiger partial charge in [-0.3, -0.25) is 18.9 Å². The molecule has 1 unspecified atom stereocenters. The summed E-state index contributed by atoms with van der Waals surface area (Å²) in [6, 6.07) is 6.17. The Hall–Kier alpha value is -2.45. The van der Waals surface area contributed by atoms with E-state index in [1.54, 1.807) is 0 Å². The number of terminal acetylenes is 1. The molecular weight excluding hydrogens is 426 g/mol. The number of aromatic nitrogens is 2. The molecule has 1 aliphatic rings. The van der Waals surface area contributed by atoms with E-state index in [0.717, 1.165) is 16.8 Å². The zero-order valence-electron chi connectivity index (χ0n) is 14.6. The van der Waals surface area contributed by atoms with Crippen molar-refractivity contribution in [3.8, 4) is 18.1 Å². The van der Waals surface area contributed by atoms with E-state index in [4.69, 9.17) is 32.0 Å². The summed E-state index contributed by atoms with van der Waals surface area (Å²) in [5, 5.41) is 21.1. The molecule has 1 aromatic heterocycles. The lowest BCUT2D eigenvalue weighted by atomic mass is 9.95. The Morgan fingerprint density at radius 3 is 2.69 bits per heavy atom. The van der Waals surface area contributed by atoms with Crippen molar-refractivity contribution in [3.63, 3.8) is 0 Å². The molecule has 5 atom stereocenters. The molecule has 1 aliphatic heterocycles. The number of aliphatic hydroxyl groups excluding tert-OH is 1. The highest BCUT2D eigenvalue weighted by Crippen LogP contribution is 2.39. The minimum atomic E-state index is -2.27. The molecule has 29 heavy (non-hydrogen) atoms. The molecule has 0 aliphatic carbocycles. The summed E-state index contributed by atoms with van der Waals surface area (Å²) in [5.41, 5.74) is -3.79.